The van der Waals surface area contributed by atoms with Crippen LogP contribution in [0, 0.1) is 13.8 Å². The topological polar surface area (TPSA) is 168 Å². The van der Waals surface area contributed by atoms with E-state index in [0.29, 0.717) is 68.6 Å². The molecule has 16 heteroatoms. The van der Waals surface area contributed by atoms with Crippen molar-refractivity contribution in [2.75, 3.05) is 10.6 Å². The Hall–Kier alpha value is -4.64. The monoisotopic (exact) mass is 752 g/mol. The molecule has 4 rings (SSSR count). The predicted molar refractivity (Wildman–Crippen MR) is 204 cm³/mol. The third kappa shape index (κ3) is 12.7. The lowest BCUT2D eigenvalue weighted by Gasteiger charge is -2.08. The van der Waals surface area contributed by atoms with Crippen molar-refractivity contribution in [2.24, 2.45) is 0 Å². The molecular weight excluding hydrogens is 717 g/mol. The summed E-state index contributed by atoms with van der Waals surface area (Å²) in [6.45, 7) is 3.47. The van der Waals surface area contributed by atoms with Crippen molar-refractivity contribution in [3.8, 4) is 0 Å². The fraction of sp³-hybridized carbons (Fsp3) is 0.294. The molecule has 0 bridgehead atoms. The first kappa shape index (κ1) is 38.2. The Kier molecular flexibility index (Phi) is 14.9. The first-order chi connectivity index (χ1) is 24.1. The minimum absolute atomic E-state index is 0.123. The number of nitrogens with zero attached hydrogens (tertiary/aromatic N) is 2. The number of anilines is 2. The Labute approximate surface area is 307 Å². The second-order valence-electron chi connectivity index (χ2n) is 10.9. The van der Waals surface area contributed by atoms with E-state index in [-0.39, 0.29) is 33.6 Å². The molecule has 0 aliphatic carbocycles. The summed E-state index contributed by atoms with van der Waals surface area (Å²) in [7, 11) is 0. The van der Waals surface area contributed by atoms with Crippen LogP contribution in [0.4, 0.5) is 10.3 Å². The molecule has 0 unspecified atom stereocenters. The van der Waals surface area contributed by atoms with E-state index in [9.17, 15) is 19.2 Å². The van der Waals surface area contributed by atoms with Gasteiger partial charge >= 0.3 is 0 Å². The van der Waals surface area contributed by atoms with Gasteiger partial charge in [-0.2, -0.15) is 0 Å². The molecule has 0 aliphatic rings. The Morgan fingerprint density at radius 2 is 1.08 bits per heavy atom. The fourth-order valence-corrected chi connectivity index (χ4v) is 6.84. The van der Waals surface area contributed by atoms with E-state index in [0.717, 1.165) is 48.4 Å². The van der Waals surface area contributed by atoms with Crippen molar-refractivity contribution >= 4 is 103 Å². The normalized spacial score (nSPS) is 11.2. The number of carbonyl (C=O) groups excluding carboxylic acids is 4. The minimum Gasteiger partial charge on any atom is -0.465 e. The number of furan rings is 2. The van der Waals surface area contributed by atoms with E-state index >= 15 is 0 Å². The summed E-state index contributed by atoms with van der Waals surface area (Å²) < 4.78 is 10.4. The molecule has 0 aromatic carbocycles. The van der Waals surface area contributed by atoms with Gasteiger partial charge in [0.1, 0.15) is 11.5 Å². The van der Waals surface area contributed by atoms with Gasteiger partial charge in [-0.1, -0.05) is 48.4 Å². The molecule has 262 valence electrons. The van der Waals surface area contributed by atoms with E-state index in [1.165, 1.54) is 24.7 Å². The lowest BCUT2D eigenvalue weighted by atomic mass is 10.1. The highest BCUT2D eigenvalue weighted by Crippen LogP contribution is 2.25. The van der Waals surface area contributed by atoms with E-state index in [1.54, 1.807) is 50.3 Å². The number of nitrogens with one attached hydrogen (secondary N) is 4. The number of aryl methyl sites for hydroxylation is 2. The summed E-state index contributed by atoms with van der Waals surface area (Å²) >= 11 is 12.8. The number of allylic oxidation sites excluding steroid dienone is 2. The second-order valence-corrected chi connectivity index (χ2v) is 13.7. The number of ketones is 2. The molecular formula is C34H36N6O6S4. The standard InChI is InChI=1S/C34H36N6O6S4/c1-21-29(25(41)17-15-23-11-9-19-45-23)49-33(35-21)39-31(47)37-27(43)13-7-5-3-4-6-8-14-28(44)38-32(48)40-34-36-22(2)30(50-34)26(42)18-16-24-12-10-20-46-24/h9-12,15-20H,3-8,13-14H2,1-2H3,(H2,35,37,39,43,47)(H2,36,38,40,44,48)/b17-15+,18-16+. The van der Waals surface area contributed by atoms with Gasteiger partial charge < -0.3 is 30.1 Å². The van der Waals surface area contributed by atoms with Crippen LogP contribution < -0.4 is 21.3 Å². The number of unbranched alkanes of at least 4 members (excludes halogenated alkanes) is 5. The zero-order chi connectivity index (χ0) is 35.9. The number of hydrogen-bond donors (Lipinski definition) is 4. The fourth-order valence-electron chi connectivity index (χ4n) is 4.51. The number of thiocarbonyl (C=S) groups is 2. The van der Waals surface area contributed by atoms with Crippen LogP contribution in [0.1, 0.15) is 93.6 Å². The van der Waals surface area contributed by atoms with Crippen molar-refractivity contribution in [1.82, 2.24) is 20.6 Å². The molecule has 12 nitrogen and oxygen atoms in total. The van der Waals surface area contributed by atoms with Gasteiger partial charge in [-0.25, -0.2) is 9.97 Å². The molecule has 0 spiro atoms. The van der Waals surface area contributed by atoms with Crippen LogP contribution in [0.2, 0.25) is 0 Å². The van der Waals surface area contributed by atoms with Crippen molar-refractivity contribution < 1.29 is 28.0 Å². The van der Waals surface area contributed by atoms with E-state index in [1.807, 2.05) is 0 Å². The van der Waals surface area contributed by atoms with E-state index in [4.69, 9.17) is 33.3 Å². The molecule has 4 N–H and O–H groups in total. The second kappa shape index (κ2) is 19.5. The molecule has 0 atom stereocenters. The number of amides is 2. The van der Waals surface area contributed by atoms with Crippen molar-refractivity contribution in [1.29, 1.82) is 0 Å². The Morgan fingerprint density at radius 3 is 1.46 bits per heavy atom. The molecule has 0 saturated carbocycles. The van der Waals surface area contributed by atoms with Gasteiger partial charge in [0.25, 0.3) is 0 Å². The smallest absolute Gasteiger partial charge is 0.226 e. The molecule has 0 radical (unpaired) electrons. The molecule has 0 fully saturated rings. The van der Waals surface area contributed by atoms with Gasteiger partial charge in [0.2, 0.25) is 11.8 Å². The van der Waals surface area contributed by atoms with Crippen molar-refractivity contribution in [3.05, 3.63) is 81.6 Å². The van der Waals surface area contributed by atoms with Crippen LogP contribution in [-0.4, -0.2) is 43.6 Å². The Morgan fingerprint density at radius 1 is 0.680 bits per heavy atom. The van der Waals surface area contributed by atoms with Gasteiger partial charge in [-0.15, -0.1) is 0 Å². The van der Waals surface area contributed by atoms with Gasteiger partial charge in [-0.05, 0) is 99.7 Å². The largest absolute Gasteiger partial charge is 0.465 e. The maximum Gasteiger partial charge on any atom is 0.226 e. The molecule has 2 amide bonds. The van der Waals surface area contributed by atoms with Crippen LogP contribution in [0.15, 0.2) is 57.8 Å². The lowest BCUT2D eigenvalue weighted by molar-refractivity contribution is -0.120. The van der Waals surface area contributed by atoms with Crippen LogP contribution >= 0.6 is 47.1 Å². The molecule has 4 heterocycles. The number of thiazole rings is 2. The van der Waals surface area contributed by atoms with Crippen LogP contribution in [0.3, 0.4) is 0 Å². The molecule has 50 heavy (non-hydrogen) atoms. The summed E-state index contributed by atoms with van der Waals surface area (Å²) in [5, 5.41) is 12.2. The Bertz CT molecular complexity index is 1720. The molecule has 4 aromatic heterocycles. The molecule has 4 aromatic rings. The average molecular weight is 753 g/mol. The third-order valence-corrected chi connectivity index (χ3v) is 9.51. The maximum absolute atomic E-state index is 12.5. The zero-order valence-corrected chi connectivity index (χ0v) is 30.7. The summed E-state index contributed by atoms with van der Waals surface area (Å²) in [4.78, 5) is 59.3. The van der Waals surface area contributed by atoms with Gasteiger partial charge in [-0.3, -0.25) is 19.2 Å². The zero-order valence-electron chi connectivity index (χ0n) is 27.4. The van der Waals surface area contributed by atoms with Gasteiger partial charge in [0.15, 0.2) is 32.1 Å². The summed E-state index contributed by atoms with van der Waals surface area (Å²) in [6.07, 6.45) is 14.7. The third-order valence-electron chi connectivity index (χ3n) is 6.93. The summed E-state index contributed by atoms with van der Waals surface area (Å²) in [5.74, 6) is 0.333. The average Bonchev–Trinajstić information content (AvgIpc) is 3.89. The van der Waals surface area contributed by atoms with Gasteiger partial charge in [0, 0.05) is 12.8 Å². The number of rotatable bonds is 17. The van der Waals surface area contributed by atoms with Crippen LogP contribution in [0.25, 0.3) is 12.2 Å². The number of hydrogen-bond acceptors (Lipinski definition) is 12. The van der Waals surface area contributed by atoms with Crippen molar-refractivity contribution in [2.45, 2.75) is 65.2 Å². The van der Waals surface area contributed by atoms with E-state index in [2.05, 4.69) is 31.2 Å². The van der Waals surface area contributed by atoms with Crippen LogP contribution in [-0.2, 0) is 9.59 Å². The van der Waals surface area contributed by atoms with Crippen molar-refractivity contribution in [3.63, 3.8) is 0 Å². The van der Waals surface area contributed by atoms with Gasteiger partial charge in [0.05, 0.1) is 33.7 Å². The highest BCUT2D eigenvalue weighted by atomic mass is 32.1. The first-order valence-corrected chi connectivity index (χ1v) is 18.2. The molecule has 0 saturated heterocycles. The SMILES string of the molecule is Cc1nc(NC(=S)NC(=O)CCCCCCCCC(=O)NC(=S)Nc2nc(C)c(C(=O)/C=C/c3ccco3)s2)sc1C(=O)/C=C/c1ccco1. The Balaban J connectivity index is 1.03. The molecule has 0 aliphatic heterocycles. The lowest BCUT2D eigenvalue weighted by Crippen LogP contribution is -2.33. The summed E-state index contributed by atoms with van der Waals surface area (Å²) in [5.41, 5.74) is 1.12. The van der Waals surface area contributed by atoms with E-state index < -0.39 is 0 Å². The van der Waals surface area contributed by atoms with Crippen LogP contribution in [0.5, 0.6) is 0 Å². The highest BCUT2D eigenvalue weighted by Gasteiger charge is 2.16. The predicted octanol–water partition coefficient (Wildman–Crippen LogP) is 7.64. The quantitative estimate of drug-likeness (QED) is 0.0361. The number of aromatic nitrogens is 2. The highest BCUT2D eigenvalue weighted by molar-refractivity contribution is 7.80. The number of carbonyl (C=O) groups is 4. The maximum atomic E-state index is 12.5. The first-order valence-electron chi connectivity index (χ1n) is 15.8. The minimum atomic E-state index is -0.205. The summed E-state index contributed by atoms with van der Waals surface area (Å²) in [6, 6.07) is 6.97.